The van der Waals surface area contributed by atoms with Gasteiger partial charge in [0.1, 0.15) is 15.8 Å². The monoisotopic (exact) mass is 392 g/mol. The van der Waals surface area contributed by atoms with E-state index in [0.29, 0.717) is 26.1 Å². The lowest BCUT2D eigenvalue weighted by molar-refractivity contribution is -0.115. The Hall–Kier alpha value is -3.08. The van der Waals surface area contributed by atoms with Crippen LogP contribution >= 0.6 is 24.0 Å². The molecule has 2 aromatic heterocycles. The van der Waals surface area contributed by atoms with Gasteiger partial charge in [-0.3, -0.25) is 9.78 Å². The molecule has 1 aliphatic rings. The fourth-order valence-electron chi connectivity index (χ4n) is 2.51. The van der Waals surface area contributed by atoms with Crippen molar-refractivity contribution in [3.05, 3.63) is 64.5 Å². The van der Waals surface area contributed by atoms with E-state index >= 15 is 0 Å². The summed E-state index contributed by atoms with van der Waals surface area (Å²) in [6.45, 7) is 0. The van der Waals surface area contributed by atoms with Gasteiger partial charge in [0, 0.05) is 29.4 Å². The lowest BCUT2D eigenvalue weighted by Gasteiger charge is -1.97. The average molecular weight is 392 g/mol. The summed E-state index contributed by atoms with van der Waals surface area (Å²) >= 11 is 6.21. The number of furan rings is 1. The number of aromatic nitrogens is 1. The van der Waals surface area contributed by atoms with E-state index in [-0.39, 0.29) is 5.91 Å². The predicted molar refractivity (Wildman–Crippen MR) is 109 cm³/mol. The summed E-state index contributed by atoms with van der Waals surface area (Å²) in [5.41, 5.74) is 2.16. The standard InChI is InChI=1S/C20H12N2O3S2/c1-24-15-6-3-12(4-7-15)2-5-13-10-21-11-14-8-16(25-18(13)14)9-17-19(23)22-20(26)27-17/h3-4,6-11H,1H3,(H,22,23,26)/b17-9-. The van der Waals surface area contributed by atoms with Crippen molar-refractivity contribution in [2.45, 2.75) is 0 Å². The maximum atomic E-state index is 11.8. The van der Waals surface area contributed by atoms with Gasteiger partial charge >= 0.3 is 0 Å². The molecule has 1 N–H and O–H groups in total. The Morgan fingerprint density at radius 3 is 2.78 bits per heavy atom. The van der Waals surface area contributed by atoms with Crippen molar-refractivity contribution in [3.63, 3.8) is 0 Å². The van der Waals surface area contributed by atoms with Gasteiger partial charge in [0.15, 0.2) is 5.58 Å². The number of nitrogens with one attached hydrogen (secondary N) is 1. The van der Waals surface area contributed by atoms with Crippen molar-refractivity contribution in [1.29, 1.82) is 0 Å². The number of fused-ring (bicyclic) bond motifs is 1. The second-order valence-electron chi connectivity index (χ2n) is 5.58. The largest absolute Gasteiger partial charge is 0.497 e. The van der Waals surface area contributed by atoms with Crippen molar-refractivity contribution in [2.75, 3.05) is 7.11 Å². The zero-order valence-corrected chi connectivity index (χ0v) is 15.7. The van der Waals surface area contributed by atoms with Crippen LogP contribution in [0, 0.1) is 11.8 Å². The van der Waals surface area contributed by atoms with Crippen molar-refractivity contribution in [1.82, 2.24) is 10.3 Å². The summed E-state index contributed by atoms with van der Waals surface area (Å²) in [7, 11) is 1.62. The molecule has 132 valence electrons. The molecule has 7 heteroatoms. The number of hydrogen-bond acceptors (Lipinski definition) is 6. The number of ether oxygens (including phenoxy) is 1. The molecule has 0 atom stereocenters. The van der Waals surface area contributed by atoms with Crippen LogP contribution in [0.1, 0.15) is 16.9 Å². The van der Waals surface area contributed by atoms with E-state index in [2.05, 4.69) is 22.1 Å². The third-order valence-corrected chi connectivity index (χ3v) is 4.95. The summed E-state index contributed by atoms with van der Waals surface area (Å²) in [6, 6.07) is 9.30. The molecule has 0 radical (unpaired) electrons. The maximum Gasteiger partial charge on any atom is 0.263 e. The van der Waals surface area contributed by atoms with Crippen molar-refractivity contribution in [2.24, 2.45) is 0 Å². The number of carbonyl (C=O) groups excluding carboxylic acids is 1. The van der Waals surface area contributed by atoms with Gasteiger partial charge in [-0.25, -0.2) is 0 Å². The Kier molecular flexibility index (Phi) is 4.67. The highest BCUT2D eigenvalue weighted by atomic mass is 32.2. The minimum absolute atomic E-state index is 0.219. The Bertz CT molecular complexity index is 1150. The summed E-state index contributed by atoms with van der Waals surface area (Å²) in [5.74, 6) is 7.29. The highest BCUT2D eigenvalue weighted by Gasteiger charge is 2.22. The molecular formula is C20H12N2O3S2. The fourth-order valence-corrected chi connectivity index (χ4v) is 3.53. The number of methoxy groups -OCH3 is 1. The topological polar surface area (TPSA) is 64.4 Å². The quantitative estimate of drug-likeness (QED) is 0.407. The number of benzene rings is 1. The molecule has 1 aliphatic heterocycles. The second kappa shape index (κ2) is 7.27. The third-order valence-electron chi connectivity index (χ3n) is 3.79. The molecule has 0 saturated carbocycles. The normalized spacial score (nSPS) is 14.9. The third kappa shape index (κ3) is 3.72. The highest BCUT2D eigenvalue weighted by Crippen LogP contribution is 2.29. The van der Waals surface area contributed by atoms with E-state index in [1.54, 1.807) is 25.6 Å². The number of thiocarbonyl (C=S) groups is 1. The maximum absolute atomic E-state index is 11.8. The van der Waals surface area contributed by atoms with Gasteiger partial charge in [-0.15, -0.1) is 0 Å². The van der Waals surface area contributed by atoms with Gasteiger partial charge in [0.2, 0.25) is 0 Å². The minimum Gasteiger partial charge on any atom is -0.497 e. The molecule has 27 heavy (non-hydrogen) atoms. The first-order valence-corrected chi connectivity index (χ1v) is 9.13. The first kappa shape index (κ1) is 17.3. The van der Waals surface area contributed by atoms with Crippen LogP contribution in [0.2, 0.25) is 0 Å². The summed E-state index contributed by atoms with van der Waals surface area (Å²) in [6.07, 6.45) is 5.03. The van der Waals surface area contributed by atoms with Gasteiger partial charge in [0.05, 0.1) is 17.6 Å². The number of nitrogens with zero attached hydrogens (tertiary/aromatic N) is 1. The van der Waals surface area contributed by atoms with Crippen LogP contribution in [-0.2, 0) is 4.79 Å². The van der Waals surface area contributed by atoms with Crippen LogP contribution in [0.15, 0.2) is 52.0 Å². The summed E-state index contributed by atoms with van der Waals surface area (Å²) < 4.78 is 11.5. The number of carbonyl (C=O) groups is 1. The fraction of sp³-hybridized carbons (Fsp3) is 0.0500. The van der Waals surface area contributed by atoms with Gasteiger partial charge in [0.25, 0.3) is 5.91 Å². The molecular weight excluding hydrogens is 380 g/mol. The Labute approximate surface area is 164 Å². The molecule has 1 aromatic carbocycles. The molecule has 0 bridgehead atoms. The molecule has 0 aliphatic carbocycles. The van der Waals surface area contributed by atoms with Crippen LogP contribution < -0.4 is 10.1 Å². The van der Waals surface area contributed by atoms with Crippen LogP contribution in [0.3, 0.4) is 0 Å². The minimum atomic E-state index is -0.219. The highest BCUT2D eigenvalue weighted by molar-refractivity contribution is 8.26. The summed E-state index contributed by atoms with van der Waals surface area (Å²) in [5, 5.41) is 3.39. The smallest absolute Gasteiger partial charge is 0.263 e. The molecule has 3 aromatic rings. The number of pyridine rings is 1. The molecule has 0 unspecified atom stereocenters. The molecule has 1 amide bonds. The van der Waals surface area contributed by atoms with Gasteiger partial charge in [-0.05, 0) is 30.3 Å². The molecule has 1 saturated heterocycles. The van der Waals surface area contributed by atoms with Crippen molar-refractivity contribution in [3.8, 4) is 17.6 Å². The molecule has 5 nitrogen and oxygen atoms in total. The van der Waals surface area contributed by atoms with Crippen LogP contribution in [0.4, 0.5) is 0 Å². The van der Waals surface area contributed by atoms with Crippen molar-refractivity contribution < 1.29 is 13.9 Å². The lowest BCUT2D eigenvalue weighted by atomic mass is 10.2. The summed E-state index contributed by atoms with van der Waals surface area (Å²) in [4.78, 5) is 16.5. The molecule has 4 rings (SSSR count). The van der Waals surface area contributed by atoms with Crippen LogP contribution in [0.25, 0.3) is 17.0 Å². The zero-order chi connectivity index (χ0) is 18.8. The molecule has 1 fully saturated rings. The second-order valence-corrected chi connectivity index (χ2v) is 7.30. The van der Waals surface area contributed by atoms with E-state index in [0.717, 1.165) is 16.7 Å². The number of amides is 1. The van der Waals surface area contributed by atoms with Gasteiger partial charge in [-0.1, -0.05) is 35.8 Å². The first-order chi connectivity index (χ1) is 13.1. The molecule has 3 heterocycles. The van der Waals surface area contributed by atoms with E-state index < -0.39 is 0 Å². The predicted octanol–water partition coefficient (Wildman–Crippen LogP) is 3.73. The Morgan fingerprint density at radius 1 is 1.26 bits per heavy atom. The van der Waals surface area contributed by atoms with Crippen molar-refractivity contribution >= 4 is 51.3 Å². The number of hydrogen-bond donors (Lipinski definition) is 1. The number of thioether (sulfide) groups is 1. The van der Waals surface area contributed by atoms with Crippen LogP contribution in [-0.4, -0.2) is 22.3 Å². The lowest BCUT2D eigenvalue weighted by Crippen LogP contribution is -2.17. The molecule has 0 spiro atoms. The Morgan fingerprint density at radius 2 is 2.07 bits per heavy atom. The average Bonchev–Trinajstić information content (AvgIpc) is 3.22. The van der Waals surface area contributed by atoms with Gasteiger partial charge in [-0.2, -0.15) is 0 Å². The van der Waals surface area contributed by atoms with Crippen LogP contribution in [0.5, 0.6) is 5.75 Å². The van der Waals surface area contributed by atoms with E-state index in [9.17, 15) is 4.79 Å². The SMILES string of the molecule is COc1ccc(C#Cc2cncc3cc(/C=C4\SC(=S)NC4=O)oc23)cc1. The zero-order valence-electron chi connectivity index (χ0n) is 14.1. The number of rotatable bonds is 2. The first-order valence-electron chi connectivity index (χ1n) is 7.91. The Balaban J connectivity index is 1.68. The van der Waals surface area contributed by atoms with E-state index in [1.807, 2.05) is 30.3 Å². The van der Waals surface area contributed by atoms with E-state index in [4.69, 9.17) is 21.4 Å². The van der Waals surface area contributed by atoms with E-state index in [1.165, 1.54) is 11.8 Å². The van der Waals surface area contributed by atoms with Gasteiger partial charge < -0.3 is 14.5 Å².